The molecule has 1 unspecified atom stereocenters. The number of thioether (sulfide) groups is 1. The first-order valence-electron chi connectivity index (χ1n) is 10.4. The molecule has 3 rings (SSSR count). The van der Waals surface area contributed by atoms with E-state index in [-0.39, 0.29) is 29.2 Å². The zero-order valence-electron chi connectivity index (χ0n) is 16.9. The van der Waals surface area contributed by atoms with Crippen LogP contribution >= 0.6 is 11.8 Å². The monoisotopic (exact) mass is 428 g/mol. The Morgan fingerprint density at radius 3 is 2.68 bits per heavy atom. The van der Waals surface area contributed by atoms with E-state index in [0.717, 1.165) is 24.6 Å². The lowest BCUT2D eigenvalue weighted by Crippen LogP contribution is -2.44. The third kappa shape index (κ3) is 6.20. The van der Waals surface area contributed by atoms with Crippen molar-refractivity contribution in [3.8, 4) is 0 Å². The van der Waals surface area contributed by atoms with Crippen LogP contribution in [0.15, 0.2) is 5.16 Å². The molecular weight excluding hydrogens is 396 g/mol. The van der Waals surface area contributed by atoms with Crippen molar-refractivity contribution in [3.63, 3.8) is 0 Å². The van der Waals surface area contributed by atoms with E-state index in [1.807, 2.05) is 13.8 Å². The number of hydrogen-bond acceptors (Lipinski definition) is 6. The van der Waals surface area contributed by atoms with Crippen LogP contribution < -0.4 is 0 Å². The van der Waals surface area contributed by atoms with Crippen molar-refractivity contribution >= 4 is 27.5 Å². The molecule has 1 aromatic heterocycles. The Balaban J connectivity index is 1.51. The van der Waals surface area contributed by atoms with Gasteiger partial charge < -0.3 is 4.90 Å². The average molecular weight is 429 g/mol. The summed E-state index contributed by atoms with van der Waals surface area (Å²) in [5.74, 6) is 2.47. The molecule has 2 heterocycles. The van der Waals surface area contributed by atoms with Gasteiger partial charge in [0.15, 0.2) is 9.84 Å². The Labute approximate surface area is 172 Å². The van der Waals surface area contributed by atoms with Crippen molar-refractivity contribution in [3.05, 3.63) is 5.82 Å². The van der Waals surface area contributed by atoms with E-state index in [9.17, 15) is 13.2 Å². The van der Waals surface area contributed by atoms with Crippen molar-refractivity contribution in [2.45, 2.75) is 70.0 Å². The molecule has 1 aliphatic carbocycles. The molecule has 0 bridgehead atoms. The smallest absolute Gasteiger partial charge is 0.233 e. The van der Waals surface area contributed by atoms with Crippen LogP contribution in [0.3, 0.4) is 0 Å². The number of aromatic amines is 1. The van der Waals surface area contributed by atoms with Gasteiger partial charge in [-0.25, -0.2) is 13.4 Å². The van der Waals surface area contributed by atoms with Gasteiger partial charge in [0.25, 0.3) is 0 Å². The van der Waals surface area contributed by atoms with Gasteiger partial charge in [0.2, 0.25) is 11.1 Å². The first-order valence-corrected chi connectivity index (χ1v) is 13.2. The molecule has 1 amide bonds. The highest BCUT2D eigenvalue weighted by Gasteiger charge is 2.34. The van der Waals surface area contributed by atoms with Crippen molar-refractivity contribution < 1.29 is 13.2 Å². The Hall–Kier alpha value is -1.09. The molecule has 1 saturated carbocycles. The number of carbonyl (C=O) groups excluding carboxylic acids is 1. The van der Waals surface area contributed by atoms with Gasteiger partial charge in [-0.2, -0.15) is 0 Å². The maximum atomic E-state index is 12.8. The number of nitrogens with one attached hydrogen (secondary N) is 1. The number of carbonyl (C=O) groups is 1. The summed E-state index contributed by atoms with van der Waals surface area (Å²) in [6.45, 7) is 4.67. The van der Waals surface area contributed by atoms with Crippen LogP contribution in [0.25, 0.3) is 0 Å². The summed E-state index contributed by atoms with van der Waals surface area (Å²) >= 11 is 1.33. The largest absolute Gasteiger partial charge is 0.338 e. The predicted octanol–water partition coefficient (Wildman–Crippen LogP) is 2.69. The SMILES string of the molecule is CC(C)CN(C(=O)CSc1n[nH]c(CCC2CCCC2)n1)C1CCS(=O)(=O)C1. The quantitative estimate of drug-likeness (QED) is 0.608. The Bertz CT molecular complexity index is 757. The molecule has 158 valence electrons. The summed E-state index contributed by atoms with van der Waals surface area (Å²) in [5, 5.41) is 7.82. The van der Waals surface area contributed by atoms with Crippen LogP contribution in [0.1, 0.15) is 58.2 Å². The first-order chi connectivity index (χ1) is 13.3. The number of nitrogens with zero attached hydrogens (tertiary/aromatic N) is 3. The fourth-order valence-electron chi connectivity index (χ4n) is 4.17. The van der Waals surface area contributed by atoms with Crippen molar-refractivity contribution in [2.24, 2.45) is 11.8 Å². The minimum Gasteiger partial charge on any atom is -0.338 e. The highest BCUT2D eigenvalue weighted by atomic mass is 32.2. The number of amides is 1. The summed E-state index contributed by atoms with van der Waals surface area (Å²) in [7, 11) is -3.02. The van der Waals surface area contributed by atoms with Crippen LogP contribution in [-0.2, 0) is 21.1 Å². The standard InChI is InChI=1S/C19H32N4O3S2/c1-14(2)11-23(16-9-10-28(25,26)13-16)18(24)12-27-19-20-17(21-22-19)8-7-15-5-3-4-6-15/h14-16H,3-13H2,1-2H3,(H,20,21,22). The molecule has 2 aliphatic rings. The van der Waals surface area contributed by atoms with Crippen molar-refractivity contribution in [2.75, 3.05) is 23.8 Å². The zero-order chi connectivity index (χ0) is 20.1. The number of rotatable bonds is 9. The van der Waals surface area contributed by atoms with Gasteiger partial charge in [-0.15, -0.1) is 5.10 Å². The predicted molar refractivity (Wildman–Crippen MR) is 111 cm³/mol. The van der Waals surface area contributed by atoms with Crippen molar-refractivity contribution in [1.29, 1.82) is 0 Å². The molecule has 9 heteroatoms. The molecule has 7 nitrogen and oxygen atoms in total. The molecule has 0 radical (unpaired) electrons. The average Bonchev–Trinajstić information content (AvgIpc) is 3.36. The Morgan fingerprint density at radius 2 is 2.04 bits per heavy atom. The van der Waals surface area contributed by atoms with Gasteiger partial charge in [0.1, 0.15) is 5.82 Å². The lowest BCUT2D eigenvalue weighted by atomic mass is 10.0. The van der Waals surface area contributed by atoms with E-state index in [0.29, 0.717) is 24.0 Å². The summed E-state index contributed by atoms with van der Waals surface area (Å²) in [5.41, 5.74) is 0. The molecular formula is C19H32N4O3S2. The molecule has 1 aromatic rings. The Morgan fingerprint density at radius 1 is 1.29 bits per heavy atom. The highest BCUT2D eigenvalue weighted by molar-refractivity contribution is 7.99. The Kier molecular flexibility index (Phi) is 7.42. The zero-order valence-corrected chi connectivity index (χ0v) is 18.5. The second-order valence-electron chi connectivity index (χ2n) is 8.54. The summed E-state index contributed by atoms with van der Waals surface area (Å²) in [6.07, 6.45) is 7.94. The fraction of sp³-hybridized carbons (Fsp3) is 0.842. The normalized spacial score (nSPS) is 22.2. The van der Waals surface area contributed by atoms with Gasteiger partial charge in [-0.1, -0.05) is 51.3 Å². The molecule has 0 spiro atoms. The minimum absolute atomic E-state index is 0.0295. The first kappa shape index (κ1) is 21.6. The lowest BCUT2D eigenvalue weighted by molar-refractivity contribution is -0.130. The molecule has 28 heavy (non-hydrogen) atoms. The molecule has 1 aliphatic heterocycles. The van der Waals surface area contributed by atoms with E-state index in [1.54, 1.807) is 4.90 Å². The van der Waals surface area contributed by atoms with Gasteiger partial charge >= 0.3 is 0 Å². The number of aryl methyl sites for hydroxylation is 1. The summed E-state index contributed by atoms with van der Waals surface area (Å²) < 4.78 is 23.7. The van der Waals surface area contributed by atoms with Crippen LogP contribution in [-0.4, -0.2) is 64.3 Å². The van der Waals surface area contributed by atoms with Gasteiger partial charge in [0, 0.05) is 19.0 Å². The van der Waals surface area contributed by atoms with Crippen LogP contribution in [0.4, 0.5) is 0 Å². The molecule has 1 N–H and O–H groups in total. The minimum atomic E-state index is -3.02. The van der Waals surface area contributed by atoms with Crippen molar-refractivity contribution in [1.82, 2.24) is 20.1 Å². The number of H-pyrrole nitrogens is 1. The van der Waals surface area contributed by atoms with E-state index >= 15 is 0 Å². The second-order valence-corrected chi connectivity index (χ2v) is 11.7. The van der Waals surface area contributed by atoms with E-state index < -0.39 is 9.84 Å². The van der Waals surface area contributed by atoms with Crippen LogP contribution in [0, 0.1) is 11.8 Å². The third-order valence-corrected chi connectivity index (χ3v) is 8.21. The van der Waals surface area contributed by atoms with Gasteiger partial charge in [-0.05, 0) is 24.7 Å². The topological polar surface area (TPSA) is 96.0 Å². The maximum absolute atomic E-state index is 12.8. The number of hydrogen-bond donors (Lipinski definition) is 1. The van der Waals surface area contributed by atoms with Crippen LogP contribution in [0.2, 0.25) is 0 Å². The molecule has 1 saturated heterocycles. The summed E-state index contributed by atoms with van der Waals surface area (Å²) in [4.78, 5) is 19.1. The van der Waals surface area contributed by atoms with E-state index in [1.165, 1.54) is 37.4 Å². The maximum Gasteiger partial charge on any atom is 0.233 e. The molecule has 1 atom stereocenters. The van der Waals surface area contributed by atoms with Crippen LogP contribution in [0.5, 0.6) is 0 Å². The highest BCUT2D eigenvalue weighted by Crippen LogP contribution is 2.28. The lowest BCUT2D eigenvalue weighted by Gasteiger charge is -2.29. The molecule has 0 aromatic carbocycles. The third-order valence-electron chi connectivity index (χ3n) is 5.63. The number of sulfone groups is 1. The van der Waals surface area contributed by atoms with E-state index in [4.69, 9.17) is 0 Å². The fourth-order valence-corrected chi connectivity index (χ4v) is 6.61. The molecule has 2 fully saturated rings. The van der Waals surface area contributed by atoms with Gasteiger partial charge in [-0.3, -0.25) is 9.89 Å². The summed E-state index contributed by atoms with van der Waals surface area (Å²) in [6, 6.07) is -0.199. The van der Waals surface area contributed by atoms with Gasteiger partial charge in [0.05, 0.1) is 17.3 Å². The van der Waals surface area contributed by atoms with E-state index in [2.05, 4.69) is 15.2 Å². The number of aromatic nitrogens is 3. The second kappa shape index (κ2) is 9.61.